The zero-order chi connectivity index (χ0) is 31.3. The van der Waals surface area contributed by atoms with Gasteiger partial charge in [0.15, 0.2) is 0 Å². The van der Waals surface area contributed by atoms with Crippen LogP contribution < -0.4 is 21.3 Å². The lowest BCUT2D eigenvalue weighted by atomic mass is 10.0. The van der Waals surface area contributed by atoms with E-state index in [0.29, 0.717) is 0 Å². The van der Waals surface area contributed by atoms with Crippen LogP contribution in [0.4, 0.5) is 9.59 Å². The number of hydrogen-bond donors (Lipinski definition) is 5. The number of aliphatic hydroxyl groups is 1. The largest absolute Gasteiger partial charge is 0.444 e. The van der Waals surface area contributed by atoms with Gasteiger partial charge in [-0.3, -0.25) is 9.59 Å². The molecule has 2 rings (SSSR count). The van der Waals surface area contributed by atoms with Gasteiger partial charge in [0.2, 0.25) is 11.8 Å². The molecular formula is C31H44N4O7. The maximum Gasteiger partial charge on any atom is 0.408 e. The van der Waals surface area contributed by atoms with Crippen LogP contribution in [0.3, 0.4) is 0 Å². The van der Waals surface area contributed by atoms with E-state index in [0.717, 1.165) is 11.1 Å². The average molecular weight is 585 g/mol. The molecule has 0 saturated carbocycles. The van der Waals surface area contributed by atoms with Crippen molar-refractivity contribution in [1.82, 2.24) is 21.3 Å². The Bertz CT molecular complexity index is 1160. The summed E-state index contributed by atoms with van der Waals surface area (Å²) in [6, 6.07) is 15.4. The first-order valence-corrected chi connectivity index (χ1v) is 13.9. The maximum atomic E-state index is 13.2. The van der Waals surface area contributed by atoms with Crippen LogP contribution in [-0.4, -0.2) is 71.6 Å². The zero-order valence-corrected chi connectivity index (χ0v) is 25.2. The number of alkyl carbamates (subject to hydrolysis) is 2. The molecule has 230 valence electrons. The van der Waals surface area contributed by atoms with E-state index in [1.807, 2.05) is 60.7 Å². The summed E-state index contributed by atoms with van der Waals surface area (Å²) < 4.78 is 10.6. The van der Waals surface area contributed by atoms with Crippen molar-refractivity contribution >= 4 is 24.0 Å². The SMILES string of the molecule is CC(C)(C)OC(=O)NC(Cc1ccccc1)C(=O)NCC(CO)NC(=O)C(Cc1ccccc1)NC(=O)OC(C)(C)C. The average Bonchev–Trinajstić information content (AvgIpc) is 2.89. The fraction of sp³-hybridized carbons (Fsp3) is 0.484. The molecule has 0 aliphatic carbocycles. The molecule has 11 heteroatoms. The Morgan fingerprint density at radius 2 is 1.07 bits per heavy atom. The highest BCUT2D eigenvalue weighted by Crippen LogP contribution is 2.10. The van der Waals surface area contributed by atoms with Crippen LogP contribution in [0.15, 0.2) is 60.7 Å². The van der Waals surface area contributed by atoms with Crippen LogP contribution in [0.5, 0.6) is 0 Å². The Kier molecular flexibility index (Phi) is 12.8. The summed E-state index contributed by atoms with van der Waals surface area (Å²) in [7, 11) is 0. The predicted molar refractivity (Wildman–Crippen MR) is 159 cm³/mol. The van der Waals surface area contributed by atoms with E-state index in [1.165, 1.54) is 0 Å². The van der Waals surface area contributed by atoms with E-state index in [4.69, 9.17) is 9.47 Å². The summed E-state index contributed by atoms with van der Waals surface area (Å²) in [5.74, 6) is -1.09. The summed E-state index contributed by atoms with van der Waals surface area (Å²) in [4.78, 5) is 51.3. The third-order valence-corrected chi connectivity index (χ3v) is 5.67. The van der Waals surface area contributed by atoms with Gasteiger partial charge in [-0.15, -0.1) is 0 Å². The van der Waals surface area contributed by atoms with Gasteiger partial charge in [0, 0.05) is 19.4 Å². The van der Waals surface area contributed by atoms with Gasteiger partial charge >= 0.3 is 12.2 Å². The standard InChI is InChI=1S/C31H44N4O7/c1-30(2,3)41-28(39)34-24(17-21-13-9-7-10-14-21)26(37)32-19-23(20-36)33-27(38)25(18-22-15-11-8-12-16-22)35-29(40)42-31(4,5)6/h7-16,23-25,36H,17-20H2,1-6H3,(H,32,37)(H,33,38)(H,34,39)(H,35,40). The van der Waals surface area contributed by atoms with Crippen LogP contribution in [0.2, 0.25) is 0 Å². The molecule has 3 atom stereocenters. The lowest BCUT2D eigenvalue weighted by Crippen LogP contribution is -2.56. The zero-order valence-electron chi connectivity index (χ0n) is 25.2. The number of carbonyl (C=O) groups is 4. The molecule has 0 fully saturated rings. The first-order chi connectivity index (χ1) is 19.6. The van der Waals surface area contributed by atoms with Crippen molar-refractivity contribution in [3.63, 3.8) is 0 Å². The van der Waals surface area contributed by atoms with Gasteiger partial charge in [0.1, 0.15) is 23.3 Å². The molecule has 0 radical (unpaired) electrons. The van der Waals surface area contributed by atoms with Crippen LogP contribution in [0.1, 0.15) is 52.7 Å². The van der Waals surface area contributed by atoms with Crippen molar-refractivity contribution in [3.05, 3.63) is 71.8 Å². The van der Waals surface area contributed by atoms with Crippen molar-refractivity contribution < 1.29 is 33.8 Å². The smallest absolute Gasteiger partial charge is 0.408 e. The molecule has 3 unspecified atom stereocenters. The van der Waals surface area contributed by atoms with E-state index in [9.17, 15) is 24.3 Å². The van der Waals surface area contributed by atoms with E-state index >= 15 is 0 Å². The Morgan fingerprint density at radius 1 is 0.667 bits per heavy atom. The summed E-state index contributed by atoms with van der Waals surface area (Å²) >= 11 is 0. The summed E-state index contributed by atoms with van der Waals surface area (Å²) in [6.45, 7) is 9.68. The maximum absolute atomic E-state index is 13.2. The minimum atomic E-state index is -1.01. The van der Waals surface area contributed by atoms with Crippen molar-refractivity contribution in [2.45, 2.75) is 83.7 Å². The molecule has 42 heavy (non-hydrogen) atoms. The van der Waals surface area contributed by atoms with E-state index in [1.54, 1.807) is 41.5 Å². The molecule has 2 aromatic rings. The topological polar surface area (TPSA) is 155 Å². The molecule has 0 spiro atoms. The van der Waals surface area contributed by atoms with Gasteiger partial charge in [-0.2, -0.15) is 0 Å². The van der Waals surface area contributed by atoms with Gasteiger partial charge in [-0.05, 0) is 52.7 Å². The van der Waals surface area contributed by atoms with E-state index in [2.05, 4.69) is 21.3 Å². The van der Waals surface area contributed by atoms with Gasteiger partial charge in [0.05, 0.1) is 12.6 Å². The van der Waals surface area contributed by atoms with Gasteiger partial charge in [-0.25, -0.2) is 9.59 Å². The van der Waals surface area contributed by atoms with Crippen LogP contribution in [0, 0.1) is 0 Å². The molecule has 11 nitrogen and oxygen atoms in total. The molecule has 0 heterocycles. The molecule has 0 aliphatic heterocycles. The molecule has 2 aromatic carbocycles. The molecular weight excluding hydrogens is 540 g/mol. The fourth-order valence-electron chi connectivity index (χ4n) is 3.83. The Hall–Kier alpha value is -4.12. The number of aliphatic hydroxyl groups excluding tert-OH is 1. The summed E-state index contributed by atoms with van der Waals surface area (Å²) in [6.07, 6.45) is -1.14. The molecule has 0 saturated heterocycles. The lowest BCUT2D eigenvalue weighted by molar-refractivity contribution is -0.126. The fourth-order valence-corrected chi connectivity index (χ4v) is 3.83. The number of rotatable bonds is 12. The first-order valence-electron chi connectivity index (χ1n) is 13.9. The van der Waals surface area contributed by atoms with E-state index < -0.39 is 59.9 Å². The van der Waals surface area contributed by atoms with E-state index in [-0.39, 0.29) is 19.4 Å². The normalized spacial score (nSPS) is 13.6. The second kappa shape index (κ2) is 15.8. The summed E-state index contributed by atoms with van der Waals surface area (Å²) in [5.41, 5.74) is 0.102. The number of carbonyl (C=O) groups excluding carboxylic acids is 4. The van der Waals surface area contributed by atoms with Crippen LogP contribution >= 0.6 is 0 Å². The number of ether oxygens (including phenoxy) is 2. The third-order valence-electron chi connectivity index (χ3n) is 5.67. The van der Waals surface area contributed by atoms with Gasteiger partial charge in [-0.1, -0.05) is 60.7 Å². The predicted octanol–water partition coefficient (Wildman–Crippen LogP) is 2.85. The molecule has 5 N–H and O–H groups in total. The molecule has 4 amide bonds. The number of nitrogens with one attached hydrogen (secondary N) is 4. The molecule has 0 aromatic heterocycles. The minimum Gasteiger partial charge on any atom is -0.444 e. The molecule has 0 bridgehead atoms. The lowest BCUT2D eigenvalue weighted by Gasteiger charge is -2.26. The van der Waals surface area contributed by atoms with Gasteiger partial charge in [0.25, 0.3) is 0 Å². The van der Waals surface area contributed by atoms with Crippen molar-refractivity contribution in [2.75, 3.05) is 13.2 Å². The molecule has 0 aliphatic rings. The number of benzene rings is 2. The second-order valence-corrected chi connectivity index (χ2v) is 11.9. The van der Waals surface area contributed by atoms with Crippen LogP contribution in [0.25, 0.3) is 0 Å². The first kappa shape index (κ1) is 34.1. The number of amides is 4. The Morgan fingerprint density at radius 3 is 1.45 bits per heavy atom. The quantitative estimate of drug-likeness (QED) is 0.257. The highest BCUT2D eigenvalue weighted by molar-refractivity contribution is 5.87. The number of hydrogen-bond acceptors (Lipinski definition) is 7. The highest BCUT2D eigenvalue weighted by atomic mass is 16.6. The third kappa shape index (κ3) is 13.5. The van der Waals surface area contributed by atoms with Crippen molar-refractivity contribution in [1.29, 1.82) is 0 Å². The Labute approximate surface area is 247 Å². The minimum absolute atomic E-state index is 0.132. The van der Waals surface area contributed by atoms with Crippen molar-refractivity contribution in [3.8, 4) is 0 Å². The van der Waals surface area contributed by atoms with Crippen molar-refractivity contribution in [2.24, 2.45) is 0 Å². The monoisotopic (exact) mass is 584 g/mol. The van der Waals surface area contributed by atoms with Gasteiger partial charge < -0.3 is 35.8 Å². The van der Waals surface area contributed by atoms with Crippen LogP contribution in [-0.2, 0) is 31.9 Å². The Balaban J connectivity index is 2.09. The summed E-state index contributed by atoms with van der Waals surface area (Å²) in [5, 5.41) is 20.6. The highest BCUT2D eigenvalue weighted by Gasteiger charge is 2.28. The second-order valence-electron chi connectivity index (χ2n) is 11.9.